The molecule has 1 saturated heterocycles. The maximum absolute atomic E-state index is 11.7. The van der Waals surface area contributed by atoms with Crippen LogP contribution in [0, 0.1) is 0 Å². The van der Waals surface area contributed by atoms with Crippen LogP contribution in [-0.4, -0.2) is 27.6 Å². The van der Waals surface area contributed by atoms with Gasteiger partial charge in [0.15, 0.2) is 6.10 Å². The zero-order valence-corrected chi connectivity index (χ0v) is 9.84. The predicted molar refractivity (Wildman–Crippen MR) is 61.8 cm³/mol. The SMILES string of the molecule is CC(C)(C)N1C(=O)[C@H](O)[C@@H]1c1ccccc1. The van der Waals surface area contributed by atoms with E-state index in [0.29, 0.717) is 0 Å². The normalized spacial score (nSPS) is 25.5. The molecular formula is C13H17NO2. The van der Waals surface area contributed by atoms with Crippen molar-refractivity contribution in [1.29, 1.82) is 0 Å². The summed E-state index contributed by atoms with van der Waals surface area (Å²) in [7, 11) is 0. The average molecular weight is 219 g/mol. The lowest BCUT2D eigenvalue weighted by atomic mass is 9.85. The smallest absolute Gasteiger partial charge is 0.254 e. The molecular weight excluding hydrogens is 202 g/mol. The summed E-state index contributed by atoms with van der Waals surface area (Å²) in [5.41, 5.74) is 0.737. The molecule has 0 saturated carbocycles. The number of hydrogen-bond donors (Lipinski definition) is 1. The third-order valence-electron chi connectivity index (χ3n) is 2.93. The van der Waals surface area contributed by atoms with Gasteiger partial charge in [-0.2, -0.15) is 0 Å². The van der Waals surface area contributed by atoms with Crippen molar-refractivity contribution in [3.05, 3.63) is 35.9 Å². The molecule has 2 atom stereocenters. The minimum absolute atomic E-state index is 0.179. The number of rotatable bonds is 1. The molecule has 1 amide bonds. The Morgan fingerprint density at radius 2 is 1.75 bits per heavy atom. The standard InChI is InChI=1S/C13H17NO2/c1-13(2,3)14-10(11(15)12(14)16)9-7-5-4-6-8-9/h4-8,10-11,15H,1-3H3/t10-,11+/m0/s1. The Labute approximate surface area is 95.7 Å². The van der Waals surface area contributed by atoms with Crippen LogP contribution in [-0.2, 0) is 4.79 Å². The molecule has 1 aromatic rings. The Morgan fingerprint density at radius 3 is 2.25 bits per heavy atom. The van der Waals surface area contributed by atoms with Crippen LogP contribution in [0.2, 0.25) is 0 Å². The monoisotopic (exact) mass is 219 g/mol. The molecule has 3 heteroatoms. The van der Waals surface area contributed by atoms with Gasteiger partial charge < -0.3 is 10.0 Å². The molecule has 16 heavy (non-hydrogen) atoms. The highest BCUT2D eigenvalue weighted by molar-refractivity contribution is 5.89. The summed E-state index contributed by atoms with van der Waals surface area (Å²) in [6, 6.07) is 9.46. The van der Waals surface area contributed by atoms with Gasteiger partial charge in [-0.1, -0.05) is 30.3 Å². The number of aliphatic hydroxyl groups excluding tert-OH is 1. The van der Waals surface area contributed by atoms with Gasteiger partial charge in [-0.05, 0) is 26.3 Å². The molecule has 1 aromatic carbocycles. The van der Waals surface area contributed by atoms with E-state index < -0.39 is 6.10 Å². The number of carbonyl (C=O) groups excluding carboxylic acids is 1. The molecule has 3 nitrogen and oxygen atoms in total. The fourth-order valence-corrected chi connectivity index (χ4v) is 2.20. The molecule has 0 unspecified atom stereocenters. The lowest BCUT2D eigenvalue weighted by molar-refractivity contribution is -0.178. The Kier molecular flexibility index (Phi) is 2.50. The van der Waals surface area contributed by atoms with Gasteiger partial charge in [-0.25, -0.2) is 0 Å². The third-order valence-corrected chi connectivity index (χ3v) is 2.93. The lowest BCUT2D eigenvalue weighted by Gasteiger charge is -2.52. The largest absolute Gasteiger partial charge is 0.381 e. The number of aliphatic hydroxyl groups is 1. The van der Waals surface area contributed by atoms with Gasteiger partial charge in [0, 0.05) is 5.54 Å². The van der Waals surface area contributed by atoms with E-state index in [0.717, 1.165) is 5.56 Å². The highest BCUT2D eigenvalue weighted by Crippen LogP contribution is 2.40. The number of hydrogen-bond acceptors (Lipinski definition) is 2. The Hall–Kier alpha value is -1.35. The maximum Gasteiger partial charge on any atom is 0.254 e. The van der Waals surface area contributed by atoms with Crippen LogP contribution in [0.3, 0.4) is 0 Å². The van der Waals surface area contributed by atoms with E-state index in [-0.39, 0.29) is 17.5 Å². The molecule has 86 valence electrons. The topological polar surface area (TPSA) is 40.5 Å². The average Bonchev–Trinajstić information content (AvgIpc) is 2.23. The van der Waals surface area contributed by atoms with Crippen LogP contribution >= 0.6 is 0 Å². The van der Waals surface area contributed by atoms with Gasteiger partial charge in [-0.3, -0.25) is 4.79 Å². The molecule has 1 aliphatic rings. The summed E-state index contributed by atoms with van der Waals surface area (Å²) >= 11 is 0. The number of amides is 1. The summed E-state index contributed by atoms with van der Waals surface area (Å²) in [6.07, 6.45) is -0.887. The molecule has 0 radical (unpaired) electrons. The first-order valence-electron chi connectivity index (χ1n) is 5.49. The van der Waals surface area contributed by atoms with Crippen LogP contribution < -0.4 is 0 Å². The van der Waals surface area contributed by atoms with Crippen molar-refractivity contribution in [1.82, 2.24) is 4.90 Å². The highest BCUT2D eigenvalue weighted by Gasteiger charge is 2.51. The number of β-lactam (4-membered cyclic amide) rings is 1. The molecule has 0 bridgehead atoms. The zero-order valence-electron chi connectivity index (χ0n) is 9.84. The summed E-state index contributed by atoms with van der Waals surface area (Å²) in [5.74, 6) is -0.179. The van der Waals surface area contributed by atoms with E-state index >= 15 is 0 Å². The van der Waals surface area contributed by atoms with E-state index in [1.54, 1.807) is 4.90 Å². The van der Waals surface area contributed by atoms with Gasteiger partial charge >= 0.3 is 0 Å². The summed E-state index contributed by atoms with van der Waals surface area (Å²) in [6.45, 7) is 5.94. The van der Waals surface area contributed by atoms with Crippen molar-refractivity contribution >= 4 is 5.91 Å². The lowest BCUT2D eigenvalue weighted by Crippen LogP contribution is -2.65. The Bertz CT molecular complexity index is 394. The van der Waals surface area contributed by atoms with Gasteiger partial charge in [0.25, 0.3) is 5.91 Å². The van der Waals surface area contributed by atoms with Crippen LogP contribution in [0.25, 0.3) is 0 Å². The molecule has 0 aromatic heterocycles. The quantitative estimate of drug-likeness (QED) is 0.731. The number of nitrogens with zero attached hydrogens (tertiary/aromatic N) is 1. The maximum atomic E-state index is 11.7. The molecule has 1 fully saturated rings. The first-order chi connectivity index (χ1) is 7.43. The zero-order chi connectivity index (χ0) is 11.9. The first-order valence-corrected chi connectivity index (χ1v) is 5.49. The van der Waals surface area contributed by atoms with Crippen molar-refractivity contribution in [2.75, 3.05) is 0 Å². The Morgan fingerprint density at radius 1 is 1.19 bits per heavy atom. The first kappa shape index (κ1) is 11.1. The van der Waals surface area contributed by atoms with Crippen molar-refractivity contribution in [2.45, 2.75) is 38.5 Å². The van der Waals surface area contributed by atoms with Crippen molar-refractivity contribution in [3.63, 3.8) is 0 Å². The van der Waals surface area contributed by atoms with Gasteiger partial charge in [0.2, 0.25) is 0 Å². The van der Waals surface area contributed by atoms with Crippen LogP contribution in [0.4, 0.5) is 0 Å². The summed E-state index contributed by atoms with van der Waals surface area (Å²) < 4.78 is 0. The molecule has 0 spiro atoms. The van der Waals surface area contributed by atoms with E-state index in [4.69, 9.17) is 0 Å². The number of benzene rings is 1. The summed E-state index contributed by atoms with van der Waals surface area (Å²) in [4.78, 5) is 13.4. The van der Waals surface area contributed by atoms with E-state index in [2.05, 4.69) is 0 Å². The molecule has 1 heterocycles. The van der Waals surface area contributed by atoms with Crippen molar-refractivity contribution < 1.29 is 9.90 Å². The Balaban J connectivity index is 2.31. The number of carbonyl (C=O) groups is 1. The second-order valence-corrected chi connectivity index (χ2v) is 5.18. The minimum atomic E-state index is -0.887. The molecule has 1 aliphatic heterocycles. The fourth-order valence-electron chi connectivity index (χ4n) is 2.20. The minimum Gasteiger partial charge on any atom is -0.381 e. The van der Waals surface area contributed by atoms with Gasteiger partial charge in [-0.15, -0.1) is 0 Å². The predicted octanol–water partition coefficient (Wildman–Crippen LogP) is 1.73. The van der Waals surface area contributed by atoms with E-state index in [1.165, 1.54) is 0 Å². The van der Waals surface area contributed by atoms with E-state index in [9.17, 15) is 9.90 Å². The number of likely N-dealkylation sites (tertiary alicyclic amines) is 1. The third kappa shape index (κ3) is 1.61. The second-order valence-electron chi connectivity index (χ2n) is 5.18. The van der Waals surface area contributed by atoms with Crippen LogP contribution in [0.15, 0.2) is 30.3 Å². The molecule has 2 rings (SSSR count). The van der Waals surface area contributed by atoms with Crippen LogP contribution in [0.1, 0.15) is 32.4 Å². The molecule has 0 aliphatic carbocycles. The fraction of sp³-hybridized carbons (Fsp3) is 0.462. The van der Waals surface area contributed by atoms with Crippen molar-refractivity contribution in [2.24, 2.45) is 0 Å². The van der Waals surface area contributed by atoms with E-state index in [1.807, 2.05) is 51.1 Å². The van der Waals surface area contributed by atoms with Crippen LogP contribution in [0.5, 0.6) is 0 Å². The highest BCUT2D eigenvalue weighted by atomic mass is 16.3. The van der Waals surface area contributed by atoms with Crippen molar-refractivity contribution in [3.8, 4) is 0 Å². The summed E-state index contributed by atoms with van der Waals surface area (Å²) in [5, 5.41) is 9.77. The second kappa shape index (κ2) is 3.59. The molecule has 1 N–H and O–H groups in total. The van der Waals surface area contributed by atoms with Gasteiger partial charge in [0.05, 0.1) is 6.04 Å². The van der Waals surface area contributed by atoms with Gasteiger partial charge in [0.1, 0.15) is 0 Å².